The van der Waals surface area contributed by atoms with Gasteiger partial charge in [0.2, 0.25) is 29.5 Å². The lowest BCUT2D eigenvalue weighted by atomic mass is 9.91. The van der Waals surface area contributed by atoms with Gasteiger partial charge in [0.15, 0.2) is 0 Å². The number of piperidine rings is 2. The van der Waals surface area contributed by atoms with Crippen LogP contribution >= 0.6 is 0 Å². The molecule has 0 radical (unpaired) electrons. The lowest BCUT2D eigenvalue weighted by molar-refractivity contribution is -0.145. The van der Waals surface area contributed by atoms with Crippen LogP contribution in [0.4, 0.5) is 0 Å². The van der Waals surface area contributed by atoms with Crippen LogP contribution in [0.5, 0.6) is 0 Å². The molecule has 0 saturated carbocycles. The maximum absolute atomic E-state index is 13.5. The summed E-state index contributed by atoms with van der Waals surface area (Å²) in [6.45, 7) is 11.0. The Labute approximate surface area is 221 Å². The molecule has 2 heterocycles. The minimum atomic E-state index is -0.613. The molecule has 0 aromatic carbocycles. The van der Waals surface area contributed by atoms with E-state index in [0.717, 1.165) is 0 Å². The van der Waals surface area contributed by atoms with Crippen LogP contribution < -0.4 is 10.6 Å². The van der Waals surface area contributed by atoms with Crippen LogP contribution in [0.2, 0.25) is 0 Å². The van der Waals surface area contributed by atoms with Gasteiger partial charge in [-0.25, -0.2) is 0 Å². The van der Waals surface area contributed by atoms with Crippen molar-refractivity contribution in [2.24, 2.45) is 23.7 Å². The quantitative estimate of drug-likeness (QED) is 0.473. The highest BCUT2D eigenvalue weighted by molar-refractivity contribution is 5.90. The molecule has 2 aliphatic heterocycles. The van der Waals surface area contributed by atoms with E-state index < -0.39 is 12.1 Å². The Morgan fingerprint density at radius 2 is 1.43 bits per heavy atom. The van der Waals surface area contributed by atoms with Crippen LogP contribution in [-0.2, 0) is 24.0 Å². The maximum Gasteiger partial charge on any atom is 0.245 e. The van der Waals surface area contributed by atoms with Gasteiger partial charge in [-0.3, -0.25) is 24.0 Å². The first-order valence-corrected chi connectivity index (χ1v) is 13.7. The first kappa shape index (κ1) is 30.6. The summed E-state index contributed by atoms with van der Waals surface area (Å²) in [7, 11) is 3.36. The molecule has 10 nitrogen and oxygen atoms in total. The first-order valence-electron chi connectivity index (χ1n) is 13.7. The van der Waals surface area contributed by atoms with E-state index in [1.807, 2.05) is 27.7 Å². The molecule has 4 atom stereocenters. The van der Waals surface area contributed by atoms with Crippen molar-refractivity contribution in [3.05, 3.63) is 0 Å². The molecule has 2 rings (SSSR count). The molecule has 2 fully saturated rings. The summed E-state index contributed by atoms with van der Waals surface area (Å²) in [6, 6.07) is -1.19. The molecule has 0 spiro atoms. The third kappa shape index (κ3) is 8.71. The molecule has 210 valence electrons. The zero-order valence-electron chi connectivity index (χ0n) is 23.7. The molecule has 37 heavy (non-hydrogen) atoms. The van der Waals surface area contributed by atoms with Crippen LogP contribution in [0.25, 0.3) is 0 Å². The van der Waals surface area contributed by atoms with E-state index in [0.29, 0.717) is 58.3 Å². The summed E-state index contributed by atoms with van der Waals surface area (Å²) in [5.41, 5.74) is 0. The number of hydrogen-bond donors (Lipinski definition) is 2. The molecule has 2 saturated heterocycles. The molecule has 2 aliphatic rings. The summed E-state index contributed by atoms with van der Waals surface area (Å²) in [4.78, 5) is 68.9. The van der Waals surface area contributed by atoms with Crippen molar-refractivity contribution in [3.8, 4) is 0 Å². The number of nitrogens with zero attached hydrogens (tertiary/aromatic N) is 3. The highest BCUT2D eigenvalue weighted by Gasteiger charge is 2.37. The van der Waals surface area contributed by atoms with Gasteiger partial charge in [-0.05, 0) is 43.9 Å². The minimum Gasteiger partial charge on any atom is -0.347 e. The predicted molar refractivity (Wildman–Crippen MR) is 141 cm³/mol. The monoisotopic (exact) mass is 521 g/mol. The fourth-order valence-corrected chi connectivity index (χ4v) is 5.25. The maximum atomic E-state index is 13.5. The van der Waals surface area contributed by atoms with Crippen molar-refractivity contribution >= 4 is 29.5 Å². The first-order chi connectivity index (χ1) is 17.3. The second-order valence-corrected chi connectivity index (χ2v) is 11.6. The highest BCUT2D eigenvalue weighted by Crippen LogP contribution is 2.25. The fraction of sp³-hybridized carbons (Fsp3) is 0.815. The number of hydrogen-bond acceptors (Lipinski definition) is 5. The molecular formula is C27H47N5O5. The molecule has 0 aliphatic carbocycles. The fourth-order valence-electron chi connectivity index (χ4n) is 5.25. The zero-order valence-corrected chi connectivity index (χ0v) is 23.7. The second kappa shape index (κ2) is 13.8. The molecule has 10 heteroatoms. The third-order valence-corrected chi connectivity index (χ3v) is 7.24. The van der Waals surface area contributed by atoms with Crippen LogP contribution in [-0.4, -0.2) is 96.6 Å². The Balaban J connectivity index is 2.03. The average Bonchev–Trinajstić information content (AvgIpc) is 2.85. The molecule has 2 N–H and O–H groups in total. The summed E-state index contributed by atoms with van der Waals surface area (Å²) >= 11 is 0. The topological polar surface area (TPSA) is 119 Å². The van der Waals surface area contributed by atoms with Crippen molar-refractivity contribution < 1.29 is 24.0 Å². The number of carbonyl (C=O) groups excluding carboxylic acids is 5. The van der Waals surface area contributed by atoms with E-state index >= 15 is 0 Å². The van der Waals surface area contributed by atoms with Crippen LogP contribution in [0.3, 0.4) is 0 Å². The molecule has 0 aromatic heterocycles. The number of carbonyl (C=O) groups is 5. The van der Waals surface area contributed by atoms with Gasteiger partial charge < -0.3 is 25.3 Å². The largest absolute Gasteiger partial charge is 0.347 e. The number of likely N-dealkylation sites (tertiary alicyclic amines) is 2. The van der Waals surface area contributed by atoms with Gasteiger partial charge >= 0.3 is 0 Å². The van der Waals surface area contributed by atoms with Gasteiger partial charge in [-0.15, -0.1) is 0 Å². The third-order valence-electron chi connectivity index (χ3n) is 7.24. The van der Waals surface area contributed by atoms with Gasteiger partial charge in [0.05, 0.1) is 11.8 Å². The van der Waals surface area contributed by atoms with Crippen molar-refractivity contribution in [2.45, 2.75) is 78.8 Å². The molecule has 0 unspecified atom stereocenters. The lowest BCUT2D eigenvalue weighted by Crippen LogP contribution is -2.56. The Hall–Kier alpha value is -2.65. The highest BCUT2D eigenvalue weighted by atomic mass is 16.2. The van der Waals surface area contributed by atoms with E-state index in [9.17, 15) is 24.0 Å². The van der Waals surface area contributed by atoms with E-state index in [1.54, 1.807) is 23.9 Å². The van der Waals surface area contributed by atoms with E-state index in [-0.39, 0.29) is 53.2 Å². The smallest absolute Gasteiger partial charge is 0.245 e. The molecule has 0 bridgehead atoms. The van der Waals surface area contributed by atoms with Crippen molar-refractivity contribution in [1.82, 2.24) is 25.3 Å². The summed E-state index contributed by atoms with van der Waals surface area (Å²) in [5.74, 6) is -1.26. The molecule has 0 aromatic rings. The van der Waals surface area contributed by atoms with Crippen molar-refractivity contribution in [3.63, 3.8) is 0 Å². The lowest BCUT2D eigenvalue weighted by Gasteiger charge is -2.39. The number of likely N-dealkylation sites (N-methyl/N-ethyl adjacent to an activating group) is 1. The van der Waals surface area contributed by atoms with Gasteiger partial charge in [0.1, 0.15) is 12.1 Å². The number of amides is 5. The Morgan fingerprint density at radius 1 is 0.865 bits per heavy atom. The van der Waals surface area contributed by atoms with Crippen molar-refractivity contribution in [1.29, 1.82) is 0 Å². The average molecular weight is 522 g/mol. The minimum absolute atomic E-state index is 0.0290. The van der Waals surface area contributed by atoms with Crippen LogP contribution in [0.1, 0.15) is 66.7 Å². The van der Waals surface area contributed by atoms with Gasteiger partial charge in [0, 0.05) is 47.2 Å². The standard InChI is InChI=1S/C27H47N5O5/c1-17(2)14-22(26(36)30(6)7)29-24(34)20-10-8-12-31(15-20)25(35)21-11-9-13-32(16-21)27(37)23(18(3)4)28-19(5)33/h17-18,20-23H,8-16H2,1-7H3,(H,28,33)(H,29,34)/t20-,21+,22-,23-/m0/s1. The van der Waals surface area contributed by atoms with E-state index in [1.165, 1.54) is 11.8 Å². The van der Waals surface area contributed by atoms with Gasteiger partial charge in [-0.1, -0.05) is 27.7 Å². The van der Waals surface area contributed by atoms with Gasteiger partial charge in [-0.2, -0.15) is 0 Å². The van der Waals surface area contributed by atoms with E-state index in [4.69, 9.17) is 0 Å². The SMILES string of the molecule is CC(=O)N[C@H](C(=O)N1CCC[C@@H](C(=O)N2CCC[C@H](C(=O)N[C@@H](CC(C)C)C(=O)N(C)C)C2)C1)C(C)C. The summed E-state index contributed by atoms with van der Waals surface area (Å²) in [6.07, 6.45) is 3.35. The second-order valence-electron chi connectivity index (χ2n) is 11.6. The van der Waals surface area contributed by atoms with Crippen LogP contribution in [0, 0.1) is 23.7 Å². The summed E-state index contributed by atoms with van der Waals surface area (Å²) in [5, 5.41) is 5.69. The Morgan fingerprint density at radius 3 is 1.97 bits per heavy atom. The molecular weight excluding hydrogens is 474 g/mol. The zero-order chi connectivity index (χ0) is 27.9. The van der Waals surface area contributed by atoms with Gasteiger partial charge in [0.25, 0.3) is 0 Å². The van der Waals surface area contributed by atoms with Crippen LogP contribution in [0.15, 0.2) is 0 Å². The Bertz CT molecular complexity index is 843. The number of nitrogens with one attached hydrogen (secondary N) is 2. The normalized spacial score (nSPS) is 21.9. The predicted octanol–water partition coefficient (Wildman–Crippen LogP) is 1.24. The molecule has 5 amide bonds. The summed E-state index contributed by atoms with van der Waals surface area (Å²) < 4.78 is 0. The number of rotatable bonds is 9. The van der Waals surface area contributed by atoms with E-state index in [2.05, 4.69) is 10.6 Å². The Kier molecular flexibility index (Phi) is 11.4. The van der Waals surface area contributed by atoms with Crippen molar-refractivity contribution in [2.75, 3.05) is 40.3 Å².